The molecule has 0 saturated heterocycles. The SMILES string of the molecule is CCS(=O)c1cc(C(F)(F)F)cnc1-c1cc2cc(SC(F)(F)F)ccc2[nH]1. The van der Waals surface area contributed by atoms with Crippen LogP contribution in [-0.2, 0) is 17.0 Å². The predicted octanol–water partition coefficient (Wildman–Crippen LogP) is 5.99. The van der Waals surface area contributed by atoms with Gasteiger partial charge in [0.25, 0.3) is 0 Å². The number of thioether (sulfide) groups is 1. The molecular formula is C17H12F6N2OS2. The number of aromatic amines is 1. The van der Waals surface area contributed by atoms with Crippen LogP contribution >= 0.6 is 11.8 Å². The number of hydrogen-bond acceptors (Lipinski definition) is 3. The molecule has 150 valence electrons. The fourth-order valence-electron chi connectivity index (χ4n) is 2.57. The summed E-state index contributed by atoms with van der Waals surface area (Å²) in [7, 11) is -1.72. The first-order valence-electron chi connectivity index (χ1n) is 7.82. The third-order valence-corrected chi connectivity index (χ3v) is 5.82. The molecule has 0 aliphatic rings. The summed E-state index contributed by atoms with van der Waals surface area (Å²) < 4.78 is 88.8. The predicted molar refractivity (Wildman–Crippen MR) is 95.4 cm³/mol. The summed E-state index contributed by atoms with van der Waals surface area (Å²) in [5.41, 5.74) is -4.64. The maximum atomic E-state index is 13.0. The van der Waals surface area contributed by atoms with Gasteiger partial charge in [0.2, 0.25) is 0 Å². The Morgan fingerprint density at radius 2 is 1.82 bits per heavy atom. The van der Waals surface area contributed by atoms with Crippen LogP contribution in [0.4, 0.5) is 26.3 Å². The van der Waals surface area contributed by atoms with Gasteiger partial charge in [-0.25, -0.2) is 0 Å². The van der Waals surface area contributed by atoms with Crippen molar-refractivity contribution in [1.29, 1.82) is 0 Å². The number of nitrogens with one attached hydrogen (secondary N) is 1. The first-order chi connectivity index (χ1) is 13.0. The Morgan fingerprint density at radius 3 is 2.43 bits per heavy atom. The summed E-state index contributed by atoms with van der Waals surface area (Å²) in [5.74, 6) is 0.0859. The van der Waals surface area contributed by atoms with Gasteiger partial charge in [-0.1, -0.05) is 6.92 Å². The van der Waals surface area contributed by atoms with Gasteiger partial charge >= 0.3 is 11.7 Å². The fraction of sp³-hybridized carbons (Fsp3) is 0.235. The Morgan fingerprint density at radius 1 is 1.11 bits per heavy atom. The molecule has 0 bridgehead atoms. The third kappa shape index (κ3) is 4.52. The fourth-order valence-corrected chi connectivity index (χ4v) is 4.10. The van der Waals surface area contributed by atoms with Crippen LogP contribution < -0.4 is 0 Å². The molecular weight excluding hydrogens is 426 g/mol. The first kappa shape index (κ1) is 20.7. The van der Waals surface area contributed by atoms with Crippen molar-refractivity contribution in [2.75, 3.05) is 5.75 Å². The van der Waals surface area contributed by atoms with E-state index in [0.29, 0.717) is 17.1 Å². The average molecular weight is 438 g/mol. The first-order valence-corrected chi connectivity index (χ1v) is 9.96. The molecule has 0 aliphatic heterocycles. The molecule has 0 spiro atoms. The van der Waals surface area contributed by atoms with E-state index in [4.69, 9.17) is 0 Å². The van der Waals surface area contributed by atoms with Crippen molar-refractivity contribution in [2.24, 2.45) is 0 Å². The number of hydrogen-bond donors (Lipinski definition) is 1. The number of fused-ring (bicyclic) bond motifs is 1. The van der Waals surface area contributed by atoms with E-state index in [1.54, 1.807) is 6.92 Å². The zero-order valence-corrected chi connectivity index (χ0v) is 15.7. The van der Waals surface area contributed by atoms with Gasteiger partial charge in [-0.05, 0) is 42.1 Å². The molecule has 1 N–H and O–H groups in total. The quantitative estimate of drug-likeness (QED) is 0.402. The van der Waals surface area contributed by atoms with E-state index in [1.165, 1.54) is 24.3 Å². The van der Waals surface area contributed by atoms with Crippen molar-refractivity contribution in [1.82, 2.24) is 9.97 Å². The van der Waals surface area contributed by atoms with E-state index in [0.717, 1.165) is 6.07 Å². The highest BCUT2D eigenvalue weighted by Crippen LogP contribution is 2.39. The molecule has 11 heteroatoms. The molecule has 1 aromatic carbocycles. The maximum Gasteiger partial charge on any atom is 0.446 e. The highest BCUT2D eigenvalue weighted by molar-refractivity contribution is 8.00. The number of H-pyrrole nitrogens is 1. The minimum atomic E-state index is -4.64. The molecule has 1 unspecified atom stereocenters. The molecule has 0 amide bonds. The van der Waals surface area contributed by atoms with Crippen LogP contribution in [0.1, 0.15) is 12.5 Å². The van der Waals surface area contributed by atoms with E-state index < -0.39 is 28.0 Å². The van der Waals surface area contributed by atoms with Gasteiger partial charge in [-0.3, -0.25) is 9.19 Å². The molecule has 1 atom stereocenters. The monoisotopic (exact) mass is 438 g/mol. The number of benzene rings is 1. The summed E-state index contributed by atoms with van der Waals surface area (Å²) in [4.78, 5) is 6.63. The number of nitrogens with zero attached hydrogens (tertiary/aromatic N) is 1. The smallest absolute Gasteiger partial charge is 0.353 e. The lowest BCUT2D eigenvalue weighted by molar-refractivity contribution is -0.138. The molecule has 0 aliphatic carbocycles. The number of rotatable bonds is 4. The lowest BCUT2D eigenvalue weighted by Crippen LogP contribution is -2.09. The lowest BCUT2D eigenvalue weighted by Gasteiger charge is -2.11. The second-order valence-electron chi connectivity index (χ2n) is 5.68. The summed E-state index contributed by atoms with van der Waals surface area (Å²) in [5, 5.41) is 0.430. The standard InChI is InChI=1S/C17H12F6N2OS2/c1-2-28(26)14-7-10(16(18,19)20)8-24-15(14)13-6-9-5-11(27-17(21,22)23)3-4-12(9)25-13/h3-8,25H,2H2,1H3. The minimum Gasteiger partial charge on any atom is -0.353 e. The Hall–Kier alpha value is -2.01. The van der Waals surface area contributed by atoms with Gasteiger partial charge in [0.15, 0.2) is 0 Å². The molecule has 2 aromatic heterocycles. The molecule has 0 fully saturated rings. The second-order valence-corrected chi connectivity index (χ2v) is 8.53. The highest BCUT2D eigenvalue weighted by atomic mass is 32.2. The number of halogens is 6. The summed E-state index contributed by atoms with van der Waals surface area (Å²) in [6.07, 6.45) is -4.00. The van der Waals surface area contributed by atoms with Crippen molar-refractivity contribution in [3.63, 3.8) is 0 Å². The van der Waals surface area contributed by atoms with Crippen molar-refractivity contribution < 1.29 is 30.6 Å². The van der Waals surface area contributed by atoms with Gasteiger partial charge < -0.3 is 4.98 Å². The second kappa shape index (κ2) is 7.43. The third-order valence-electron chi connectivity index (χ3n) is 3.77. The molecule has 3 nitrogen and oxygen atoms in total. The van der Waals surface area contributed by atoms with Crippen LogP contribution in [0.2, 0.25) is 0 Å². The Balaban J connectivity index is 2.09. The summed E-state index contributed by atoms with van der Waals surface area (Å²) >= 11 is -0.266. The number of alkyl halides is 6. The Bertz CT molecular complexity index is 1040. The van der Waals surface area contributed by atoms with Gasteiger partial charge in [-0.15, -0.1) is 0 Å². The van der Waals surface area contributed by atoms with E-state index in [2.05, 4.69) is 9.97 Å². The molecule has 0 saturated carbocycles. The van der Waals surface area contributed by atoms with Crippen molar-refractivity contribution in [2.45, 2.75) is 28.4 Å². The van der Waals surface area contributed by atoms with Crippen LogP contribution in [-0.4, -0.2) is 25.4 Å². The van der Waals surface area contributed by atoms with Gasteiger partial charge in [0.1, 0.15) is 5.69 Å². The van der Waals surface area contributed by atoms with E-state index in [-0.39, 0.29) is 38.7 Å². The number of pyridine rings is 1. The summed E-state index contributed by atoms with van der Waals surface area (Å²) in [6.45, 7) is 1.56. The lowest BCUT2D eigenvalue weighted by atomic mass is 10.2. The maximum absolute atomic E-state index is 13.0. The molecule has 28 heavy (non-hydrogen) atoms. The molecule has 0 radical (unpaired) electrons. The van der Waals surface area contributed by atoms with Gasteiger partial charge in [-0.2, -0.15) is 26.3 Å². The van der Waals surface area contributed by atoms with Crippen LogP contribution in [0.5, 0.6) is 0 Å². The molecule has 3 aromatic rings. The Labute approximate surface area is 162 Å². The largest absolute Gasteiger partial charge is 0.446 e. The van der Waals surface area contributed by atoms with Crippen LogP contribution in [0.25, 0.3) is 22.3 Å². The molecule has 2 heterocycles. The Kier molecular flexibility index (Phi) is 5.50. The van der Waals surface area contributed by atoms with Crippen molar-refractivity contribution >= 4 is 33.5 Å². The van der Waals surface area contributed by atoms with Crippen LogP contribution in [0.15, 0.2) is 46.3 Å². The highest BCUT2D eigenvalue weighted by Gasteiger charge is 2.33. The minimum absolute atomic E-state index is 0.0247. The normalized spacial score (nSPS) is 13.8. The van der Waals surface area contributed by atoms with Crippen LogP contribution in [0.3, 0.4) is 0 Å². The average Bonchev–Trinajstić information content (AvgIpc) is 3.01. The van der Waals surface area contributed by atoms with E-state index in [1.807, 2.05) is 0 Å². The van der Waals surface area contributed by atoms with Gasteiger partial charge in [0.05, 0.1) is 27.0 Å². The van der Waals surface area contributed by atoms with E-state index >= 15 is 0 Å². The van der Waals surface area contributed by atoms with Crippen LogP contribution in [0, 0.1) is 0 Å². The zero-order chi connectivity index (χ0) is 20.7. The van der Waals surface area contributed by atoms with Gasteiger partial charge in [0, 0.05) is 27.7 Å². The molecule has 3 rings (SSSR count). The van der Waals surface area contributed by atoms with Crippen molar-refractivity contribution in [3.05, 3.63) is 42.1 Å². The topological polar surface area (TPSA) is 45.8 Å². The van der Waals surface area contributed by atoms with E-state index in [9.17, 15) is 30.6 Å². The van der Waals surface area contributed by atoms with Crippen molar-refractivity contribution in [3.8, 4) is 11.4 Å². The number of aromatic nitrogens is 2. The summed E-state index contributed by atoms with van der Waals surface area (Å²) in [6, 6.07) is 6.30. The zero-order valence-electron chi connectivity index (χ0n) is 14.1.